The molecular formula is C35H55N3O10. The first-order valence-electron chi connectivity index (χ1n) is 17.1. The number of nitrogens with zero attached hydrogens (tertiary/aromatic N) is 1. The van der Waals surface area contributed by atoms with Crippen LogP contribution in [0.15, 0.2) is 42.2 Å². The van der Waals surface area contributed by atoms with E-state index in [-0.39, 0.29) is 50.5 Å². The van der Waals surface area contributed by atoms with Crippen LogP contribution in [-0.2, 0) is 35.1 Å². The molecular weight excluding hydrogens is 622 g/mol. The second-order valence-corrected chi connectivity index (χ2v) is 13.7. The summed E-state index contributed by atoms with van der Waals surface area (Å²) in [6.45, 7) is 8.06. The van der Waals surface area contributed by atoms with Crippen LogP contribution in [0.1, 0.15) is 58.9 Å². The summed E-state index contributed by atoms with van der Waals surface area (Å²) >= 11 is 0. The van der Waals surface area contributed by atoms with Gasteiger partial charge in [0.2, 0.25) is 12.2 Å². The third kappa shape index (κ3) is 9.68. The zero-order valence-corrected chi connectivity index (χ0v) is 29.0. The van der Waals surface area contributed by atoms with Crippen molar-refractivity contribution in [2.75, 3.05) is 33.8 Å². The number of benzene rings is 1. The van der Waals surface area contributed by atoms with Crippen LogP contribution in [-0.4, -0.2) is 115 Å². The minimum Gasteiger partial charge on any atom is -0.469 e. The Morgan fingerprint density at radius 3 is 2.46 bits per heavy atom. The number of hydrogen-bond acceptors (Lipinski definition) is 11. The van der Waals surface area contributed by atoms with Gasteiger partial charge < -0.3 is 54.5 Å². The van der Waals surface area contributed by atoms with Gasteiger partial charge in [0.05, 0.1) is 30.6 Å². The molecule has 13 heteroatoms. The fourth-order valence-corrected chi connectivity index (χ4v) is 6.77. The van der Waals surface area contributed by atoms with Crippen LogP contribution in [0.5, 0.6) is 0 Å². The first-order valence-corrected chi connectivity index (χ1v) is 17.1. The number of aliphatic hydroxyl groups excluding tert-OH is 2. The first kappa shape index (κ1) is 38.0. The maximum atomic E-state index is 13.5. The van der Waals surface area contributed by atoms with Crippen LogP contribution in [0.2, 0.25) is 0 Å². The summed E-state index contributed by atoms with van der Waals surface area (Å²) in [6.07, 6.45) is -2.20. The number of hydrogen-bond donors (Lipinski definition) is 5. The molecule has 2 amide bonds. The van der Waals surface area contributed by atoms with E-state index in [0.717, 1.165) is 24.2 Å². The van der Waals surface area contributed by atoms with Gasteiger partial charge in [-0.25, -0.2) is 4.79 Å². The summed E-state index contributed by atoms with van der Waals surface area (Å²) in [6, 6.07) is 8.59. The third-order valence-electron chi connectivity index (χ3n) is 9.69. The highest BCUT2D eigenvalue weighted by atomic mass is 16.7. The van der Waals surface area contributed by atoms with E-state index < -0.39 is 60.6 Å². The third-order valence-corrected chi connectivity index (χ3v) is 9.69. The predicted molar refractivity (Wildman–Crippen MR) is 176 cm³/mol. The van der Waals surface area contributed by atoms with Crippen LogP contribution in [0.4, 0.5) is 4.79 Å². The molecule has 5 N–H and O–H groups in total. The molecule has 1 aliphatic carbocycles. The average molecular weight is 678 g/mol. The average Bonchev–Trinajstić information content (AvgIpc) is 3.06. The zero-order chi connectivity index (χ0) is 35.0. The Morgan fingerprint density at radius 1 is 1.06 bits per heavy atom. The topological polar surface area (TPSA) is 168 Å². The Hall–Kier alpha value is -2.78. The Morgan fingerprint density at radius 2 is 1.77 bits per heavy atom. The number of carbonyl (C=O) groups excluding carboxylic acids is 2. The molecule has 13 nitrogen and oxygen atoms in total. The van der Waals surface area contributed by atoms with Crippen LogP contribution in [0, 0.1) is 17.8 Å². The second kappa shape index (κ2) is 17.2. The maximum Gasteiger partial charge on any atom is 0.407 e. The highest BCUT2D eigenvalue weighted by Gasteiger charge is 2.51. The molecule has 0 unspecified atom stereocenters. The number of allylic oxidation sites excluding steroid dienone is 2. The molecule has 4 rings (SSSR count). The molecule has 270 valence electrons. The van der Waals surface area contributed by atoms with Crippen molar-refractivity contribution in [1.82, 2.24) is 15.5 Å². The largest absolute Gasteiger partial charge is 0.469 e. The SMILES string of the molecule is CCC1=CC[C@@H](C)[C@@H](O[C@H]2[C@H](O)[C@@H](O[C@H]3OC[C@](C)(O)[C@H](NC)[C@H]3O)[C@H](CC(=O)N(C)CCNC(=O)OCc3ccccc3)C[C@@H]2C)O1. The number of rotatable bonds is 13. The Labute approximate surface area is 283 Å². The molecule has 0 aromatic heterocycles. The minimum absolute atomic E-state index is 0.0444. The summed E-state index contributed by atoms with van der Waals surface area (Å²) in [5.74, 6) is 0.112. The summed E-state index contributed by atoms with van der Waals surface area (Å²) < 4.78 is 29.9. The molecule has 1 saturated carbocycles. The lowest BCUT2D eigenvalue weighted by Crippen LogP contribution is -2.66. The summed E-state index contributed by atoms with van der Waals surface area (Å²) in [5, 5.41) is 39.3. The first-order chi connectivity index (χ1) is 22.8. The normalized spacial score (nSPS) is 35.2. The molecule has 2 aliphatic heterocycles. The number of alkyl carbamates (subject to hydrolysis) is 1. The number of carbonyl (C=O) groups is 2. The van der Waals surface area contributed by atoms with Gasteiger partial charge in [0.15, 0.2) is 6.29 Å². The molecule has 11 atom stereocenters. The van der Waals surface area contributed by atoms with E-state index in [2.05, 4.69) is 16.7 Å². The van der Waals surface area contributed by atoms with Crippen molar-refractivity contribution >= 4 is 12.0 Å². The van der Waals surface area contributed by atoms with Crippen LogP contribution < -0.4 is 10.6 Å². The molecule has 1 aromatic rings. The number of nitrogens with one attached hydrogen (secondary N) is 2. The molecule has 2 fully saturated rings. The van der Waals surface area contributed by atoms with Crippen molar-refractivity contribution in [3.8, 4) is 0 Å². The number of ether oxygens (including phenoxy) is 5. The molecule has 48 heavy (non-hydrogen) atoms. The van der Waals surface area contributed by atoms with Gasteiger partial charge in [-0.15, -0.1) is 0 Å². The zero-order valence-electron chi connectivity index (χ0n) is 29.0. The standard InChI is InChI=1S/C35H55N3O10/c1-7-25-14-13-21(2)32(46-25)47-29-22(3)17-24(30(27(29)40)48-33-28(41)31(36-5)35(4,43)20-45-33)18-26(39)38(6)16-15-37-34(42)44-19-23-11-9-8-10-12-23/h8-12,14,21-22,24,27-33,36,40-41,43H,7,13,15-20H2,1-6H3,(H,37,42)/t21-,22+,24+,27+,28-,29-,30+,31-,32-,33-,35+/m1/s1. The molecule has 3 aliphatic rings. The smallest absolute Gasteiger partial charge is 0.407 e. The molecule has 0 radical (unpaired) electrons. The predicted octanol–water partition coefficient (Wildman–Crippen LogP) is 2.28. The second-order valence-electron chi connectivity index (χ2n) is 13.7. The van der Waals surface area contributed by atoms with Crippen LogP contribution >= 0.6 is 0 Å². The number of amides is 2. The Balaban J connectivity index is 1.41. The lowest BCUT2D eigenvalue weighted by Gasteiger charge is -2.49. The van der Waals surface area contributed by atoms with Crippen LogP contribution in [0.25, 0.3) is 0 Å². The van der Waals surface area contributed by atoms with Crippen molar-refractivity contribution in [2.45, 2.75) is 109 Å². The Bertz CT molecular complexity index is 1220. The van der Waals surface area contributed by atoms with E-state index in [9.17, 15) is 24.9 Å². The van der Waals surface area contributed by atoms with E-state index >= 15 is 0 Å². The monoisotopic (exact) mass is 677 g/mol. The van der Waals surface area contributed by atoms with Gasteiger partial charge in [-0.05, 0) is 50.3 Å². The fourth-order valence-electron chi connectivity index (χ4n) is 6.77. The highest BCUT2D eigenvalue weighted by molar-refractivity contribution is 5.76. The summed E-state index contributed by atoms with van der Waals surface area (Å²) in [4.78, 5) is 27.2. The van der Waals surface area contributed by atoms with Crippen LogP contribution in [0.3, 0.4) is 0 Å². The van der Waals surface area contributed by atoms with Crippen molar-refractivity contribution in [1.29, 1.82) is 0 Å². The number of aliphatic hydroxyl groups is 3. The molecule has 0 spiro atoms. The molecule has 1 saturated heterocycles. The van der Waals surface area contributed by atoms with E-state index in [4.69, 9.17) is 23.7 Å². The van der Waals surface area contributed by atoms with Crippen molar-refractivity contribution < 1.29 is 48.6 Å². The maximum absolute atomic E-state index is 13.5. The highest BCUT2D eigenvalue weighted by Crippen LogP contribution is 2.40. The van der Waals surface area contributed by atoms with Gasteiger partial charge in [-0.1, -0.05) is 51.1 Å². The molecule has 2 heterocycles. The summed E-state index contributed by atoms with van der Waals surface area (Å²) in [5.41, 5.74) is -0.479. The lowest BCUT2D eigenvalue weighted by atomic mass is 9.74. The van der Waals surface area contributed by atoms with E-state index in [1.165, 1.54) is 4.90 Å². The van der Waals surface area contributed by atoms with E-state index in [1.54, 1.807) is 21.0 Å². The van der Waals surface area contributed by atoms with Gasteiger partial charge >= 0.3 is 6.09 Å². The lowest BCUT2D eigenvalue weighted by molar-refractivity contribution is -0.312. The van der Waals surface area contributed by atoms with E-state index in [1.807, 2.05) is 51.1 Å². The van der Waals surface area contributed by atoms with Gasteiger partial charge in [-0.2, -0.15) is 0 Å². The van der Waals surface area contributed by atoms with Gasteiger partial charge in [0.25, 0.3) is 0 Å². The summed E-state index contributed by atoms with van der Waals surface area (Å²) in [7, 11) is 3.28. The molecule has 1 aromatic carbocycles. The van der Waals surface area contributed by atoms with E-state index in [0.29, 0.717) is 6.42 Å². The number of likely N-dealkylation sites (N-methyl/N-ethyl adjacent to an activating group) is 2. The fraction of sp³-hybridized carbons (Fsp3) is 0.714. The Kier molecular flexibility index (Phi) is 13.7. The van der Waals surface area contributed by atoms with Crippen molar-refractivity contribution in [3.05, 3.63) is 47.7 Å². The quantitative estimate of drug-likeness (QED) is 0.208. The van der Waals surface area contributed by atoms with Gasteiger partial charge in [-0.3, -0.25) is 4.79 Å². The van der Waals surface area contributed by atoms with Gasteiger partial charge in [0, 0.05) is 38.9 Å². The van der Waals surface area contributed by atoms with Crippen molar-refractivity contribution in [3.63, 3.8) is 0 Å². The minimum atomic E-state index is -1.35. The van der Waals surface area contributed by atoms with Crippen molar-refractivity contribution in [2.24, 2.45) is 17.8 Å². The van der Waals surface area contributed by atoms with Gasteiger partial charge in [0.1, 0.15) is 24.4 Å². The molecule has 0 bridgehead atoms.